The maximum Gasteiger partial charge on any atom is 0.228 e. The molecule has 3 aliphatic rings. The molecule has 1 amide bonds. The van der Waals surface area contributed by atoms with E-state index in [0.29, 0.717) is 49.5 Å². The first-order valence-corrected chi connectivity index (χ1v) is 10.8. The lowest BCUT2D eigenvalue weighted by Gasteiger charge is -2.29. The summed E-state index contributed by atoms with van der Waals surface area (Å²) in [7, 11) is 0. The number of anilines is 2. The van der Waals surface area contributed by atoms with Crippen molar-refractivity contribution in [2.24, 2.45) is 17.8 Å². The number of benzene rings is 2. The molecule has 2 aromatic carbocycles. The van der Waals surface area contributed by atoms with Gasteiger partial charge >= 0.3 is 0 Å². The Kier molecular flexibility index (Phi) is 5.21. The zero-order valence-electron chi connectivity index (χ0n) is 17.3. The Labute approximate surface area is 176 Å². The van der Waals surface area contributed by atoms with E-state index in [4.69, 9.17) is 4.74 Å². The van der Waals surface area contributed by atoms with Crippen molar-refractivity contribution in [1.82, 2.24) is 4.90 Å². The van der Waals surface area contributed by atoms with Gasteiger partial charge in [0.1, 0.15) is 5.82 Å². The predicted molar refractivity (Wildman–Crippen MR) is 115 cm³/mol. The SMILES string of the molecule is Cc1ccccc1CN1CC2C(C1)C2C(=O)Nc1ccc(N2CCOCC2)c(F)c1. The number of hydrogen-bond acceptors (Lipinski definition) is 4. The Balaban J connectivity index is 1.15. The van der Waals surface area contributed by atoms with Crippen LogP contribution in [-0.2, 0) is 16.1 Å². The van der Waals surface area contributed by atoms with Gasteiger partial charge in [0.2, 0.25) is 5.91 Å². The molecular formula is C24H28FN3O2. The van der Waals surface area contributed by atoms with E-state index in [1.54, 1.807) is 12.1 Å². The fourth-order valence-corrected chi connectivity index (χ4v) is 5.03. The van der Waals surface area contributed by atoms with Crippen LogP contribution in [0.25, 0.3) is 0 Å². The Morgan fingerprint density at radius 1 is 1.13 bits per heavy atom. The van der Waals surface area contributed by atoms with Crippen LogP contribution in [0.3, 0.4) is 0 Å². The van der Waals surface area contributed by atoms with Crippen molar-refractivity contribution < 1.29 is 13.9 Å². The number of rotatable bonds is 5. The molecule has 0 radical (unpaired) electrons. The van der Waals surface area contributed by atoms with Crippen molar-refractivity contribution in [3.05, 3.63) is 59.4 Å². The minimum atomic E-state index is -0.296. The Morgan fingerprint density at radius 3 is 2.57 bits per heavy atom. The second-order valence-corrected chi connectivity index (χ2v) is 8.73. The molecule has 2 saturated heterocycles. The number of carbonyl (C=O) groups is 1. The van der Waals surface area contributed by atoms with Crippen molar-refractivity contribution >= 4 is 17.3 Å². The molecular weight excluding hydrogens is 381 g/mol. The van der Waals surface area contributed by atoms with Crippen LogP contribution in [0.4, 0.5) is 15.8 Å². The highest BCUT2D eigenvalue weighted by atomic mass is 19.1. The second-order valence-electron chi connectivity index (χ2n) is 8.73. The number of likely N-dealkylation sites (tertiary alicyclic amines) is 1. The third-order valence-corrected chi connectivity index (χ3v) is 6.79. The van der Waals surface area contributed by atoms with Gasteiger partial charge in [0, 0.05) is 44.3 Å². The monoisotopic (exact) mass is 409 g/mol. The van der Waals surface area contributed by atoms with E-state index >= 15 is 0 Å². The summed E-state index contributed by atoms with van der Waals surface area (Å²) in [5.41, 5.74) is 3.79. The van der Waals surface area contributed by atoms with E-state index in [1.165, 1.54) is 17.2 Å². The van der Waals surface area contributed by atoms with Crippen LogP contribution in [0, 0.1) is 30.5 Å². The Bertz CT molecular complexity index is 932. The molecule has 30 heavy (non-hydrogen) atoms. The van der Waals surface area contributed by atoms with Crippen LogP contribution in [0.1, 0.15) is 11.1 Å². The molecule has 2 atom stereocenters. The number of nitrogens with one attached hydrogen (secondary N) is 1. The standard InChI is InChI=1S/C24H28FN3O2/c1-16-4-2-3-5-17(16)13-27-14-19-20(15-27)23(19)24(29)26-18-6-7-22(21(25)12-18)28-8-10-30-11-9-28/h2-7,12,19-20,23H,8-11,13-15H2,1H3,(H,26,29). The van der Waals surface area contributed by atoms with Crippen LogP contribution in [-0.4, -0.2) is 50.2 Å². The van der Waals surface area contributed by atoms with E-state index in [2.05, 4.69) is 41.4 Å². The van der Waals surface area contributed by atoms with E-state index in [0.717, 1.165) is 19.6 Å². The van der Waals surface area contributed by atoms with Gasteiger partial charge in [-0.3, -0.25) is 9.69 Å². The number of hydrogen-bond donors (Lipinski definition) is 1. The van der Waals surface area contributed by atoms with Crippen LogP contribution >= 0.6 is 0 Å². The zero-order valence-corrected chi connectivity index (χ0v) is 17.3. The lowest BCUT2D eigenvalue weighted by atomic mass is 10.1. The van der Waals surface area contributed by atoms with Gasteiger partial charge in [0.05, 0.1) is 18.9 Å². The number of amides is 1. The number of fused-ring (bicyclic) bond motifs is 1. The lowest BCUT2D eigenvalue weighted by Crippen LogP contribution is -2.36. The van der Waals surface area contributed by atoms with Crippen molar-refractivity contribution in [3.8, 4) is 0 Å². The molecule has 2 aromatic rings. The molecule has 5 rings (SSSR count). The van der Waals surface area contributed by atoms with Crippen molar-refractivity contribution in [3.63, 3.8) is 0 Å². The number of nitrogens with zero attached hydrogens (tertiary/aromatic N) is 2. The van der Waals surface area contributed by atoms with Crippen LogP contribution in [0.5, 0.6) is 0 Å². The van der Waals surface area contributed by atoms with Gasteiger partial charge in [-0.25, -0.2) is 4.39 Å². The first kappa shape index (κ1) is 19.5. The van der Waals surface area contributed by atoms with Crippen LogP contribution in [0.2, 0.25) is 0 Å². The fourth-order valence-electron chi connectivity index (χ4n) is 5.03. The van der Waals surface area contributed by atoms with Gasteiger partial charge in [0.25, 0.3) is 0 Å². The maximum atomic E-state index is 14.6. The summed E-state index contributed by atoms with van der Waals surface area (Å²) < 4.78 is 19.9. The number of morpholine rings is 1. The van der Waals surface area contributed by atoms with Crippen molar-refractivity contribution in [2.75, 3.05) is 49.6 Å². The third-order valence-electron chi connectivity index (χ3n) is 6.79. The van der Waals surface area contributed by atoms with Crippen molar-refractivity contribution in [2.45, 2.75) is 13.5 Å². The second kappa shape index (κ2) is 8.00. The molecule has 2 heterocycles. The Hall–Kier alpha value is -2.44. The molecule has 0 bridgehead atoms. The lowest BCUT2D eigenvalue weighted by molar-refractivity contribution is -0.118. The number of halogens is 1. The minimum absolute atomic E-state index is 0.0269. The Morgan fingerprint density at radius 2 is 1.87 bits per heavy atom. The highest BCUT2D eigenvalue weighted by Crippen LogP contribution is 2.52. The minimum Gasteiger partial charge on any atom is -0.378 e. The van der Waals surface area contributed by atoms with E-state index in [-0.39, 0.29) is 17.6 Å². The van der Waals surface area contributed by atoms with Crippen LogP contribution in [0.15, 0.2) is 42.5 Å². The van der Waals surface area contributed by atoms with E-state index in [9.17, 15) is 9.18 Å². The molecule has 158 valence electrons. The quantitative estimate of drug-likeness (QED) is 0.823. The molecule has 2 aliphatic heterocycles. The zero-order chi connectivity index (χ0) is 20.7. The summed E-state index contributed by atoms with van der Waals surface area (Å²) in [5.74, 6) is 0.632. The van der Waals surface area contributed by atoms with Gasteiger partial charge in [-0.2, -0.15) is 0 Å². The molecule has 6 heteroatoms. The largest absolute Gasteiger partial charge is 0.378 e. The van der Waals surface area contributed by atoms with Gasteiger partial charge in [-0.1, -0.05) is 24.3 Å². The average Bonchev–Trinajstić information content (AvgIpc) is 3.26. The summed E-state index contributed by atoms with van der Waals surface area (Å²) in [5, 5.41) is 2.94. The molecule has 3 fully saturated rings. The molecule has 2 unspecified atom stereocenters. The summed E-state index contributed by atoms with van der Waals surface area (Å²) in [6.07, 6.45) is 0. The highest BCUT2D eigenvalue weighted by Gasteiger charge is 2.59. The van der Waals surface area contributed by atoms with Gasteiger partial charge in [-0.05, 0) is 48.1 Å². The fraction of sp³-hybridized carbons (Fsp3) is 0.458. The van der Waals surface area contributed by atoms with Gasteiger partial charge in [-0.15, -0.1) is 0 Å². The molecule has 0 aromatic heterocycles. The van der Waals surface area contributed by atoms with E-state index < -0.39 is 0 Å². The molecule has 0 spiro atoms. The molecule has 1 aliphatic carbocycles. The summed E-state index contributed by atoms with van der Waals surface area (Å²) in [4.78, 5) is 17.2. The highest BCUT2D eigenvalue weighted by molar-refractivity contribution is 5.95. The third kappa shape index (κ3) is 3.82. The number of ether oxygens (including phenoxy) is 1. The average molecular weight is 410 g/mol. The molecule has 1 saturated carbocycles. The summed E-state index contributed by atoms with van der Waals surface area (Å²) in [6.45, 7) is 7.61. The van der Waals surface area contributed by atoms with Gasteiger partial charge < -0.3 is 15.0 Å². The normalized spacial score (nSPS) is 25.8. The summed E-state index contributed by atoms with van der Waals surface area (Å²) in [6, 6.07) is 13.5. The topological polar surface area (TPSA) is 44.8 Å². The first-order valence-electron chi connectivity index (χ1n) is 10.8. The maximum absolute atomic E-state index is 14.6. The predicted octanol–water partition coefficient (Wildman–Crippen LogP) is 3.29. The van der Waals surface area contributed by atoms with Gasteiger partial charge in [0.15, 0.2) is 0 Å². The van der Waals surface area contributed by atoms with Crippen molar-refractivity contribution in [1.29, 1.82) is 0 Å². The number of aryl methyl sites for hydroxylation is 1. The first-order chi connectivity index (χ1) is 14.6. The summed E-state index contributed by atoms with van der Waals surface area (Å²) >= 11 is 0. The smallest absolute Gasteiger partial charge is 0.228 e. The molecule has 5 nitrogen and oxygen atoms in total. The number of carbonyl (C=O) groups excluding carboxylic acids is 1. The molecule has 1 N–H and O–H groups in total. The number of piperidine rings is 1. The van der Waals surface area contributed by atoms with E-state index in [1.807, 2.05) is 4.90 Å². The van der Waals surface area contributed by atoms with Crippen LogP contribution < -0.4 is 10.2 Å².